The number of aliphatic hydroxyl groups is 5. The van der Waals surface area contributed by atoms with Gasteiger partial charge in [0.15, 0.2) is 23.7 Å². The maximum atomic E-state index is 12.9. The van der Waals surface area contributed by atoms with Crippen molar-refractivity contribution in [3.63, 3.8) is 0 Å². The zero-order valence-electron chi connectivity index (χ0n) is 20.5. The fourth-order valence-electron chi connectivity index (χ4n) is 4.55. The highest BCUT2D eigenvalue weighted by molar-refractivity contribution is 7.60. The van der Waals surface area contributed by atoms with Crippen molar-refractivity contribution in [2.24, 2.45) is 7.05 Å². The number of aliphatic hydroxyl groups excluding tert-OH is 5. The third-order valence-electron chi connectivity index (χ3n) is 6.50. The Morgan fingerprint density at radius 1 is 0.976 bits per heavy atom. The molecule has 11 atom stereocenters. The second-order valence-electron chi connectivity index (χ2n) is 9.18. The van der Waals surface area contributed by atoms with E-state index in [1.54, 1.807) is 0 Å². The number of nitrogen functional groups attached to an aromatic ring is 1. The number of imidazole rings is 1. The van der Waals surface area contributed by atoms with Crippen molar-refractivity contribution in [3.05, 3.63) is 10.4 Å². The average Bonchev–Trinajstić information content (AvgIpc) is 3.35. The van der Waals surface area contributed by atoms with Crippen molar-refractivity contribution in [1.29, 1.82) is 0 Å². The lowest BCUT2D eigenvalue weighted by Gasteiger charge is -2.42. The van der Waals surface area contributed by atoms with Gasteiger partial charge in [0.1, 0.15) is 42.7 Å². The second kappa shape index (κ2) is 10.6. The van der Waals surface area contributed by atoms with Gasteiger partial charge in [-0.15, -0.1) is 0 Å². The van der Waals surface area contributed by atoms with Crippen LogP contribution in [0.5, 0.6) is 6.01 Å². The predicted molar refractivity (Wildman–Crippen MR) is 124 cm³/mol. The van der Waals surface area contributed by atoms with Gasteiger partial charge in [-0.05, 0) is 0 Å². The maximum absolute atomic E-state index is 12.9. The first-order valence-electron chi connectivity index (χ1n) is 11.5. The van der Waals surface area contributed by atoms with Crippen molar-refractivity contribution >= 4 is 32.8 Å². The molecule has 24 heteroatoms. The molecule has 230 valence electrons. The Morgan fingerprint density at radius 2 is 1.66 bits per heavy atom. The lowest BCUT2D eigenvalue weighted by molar-refractivity contribution is -0.314. The first kappa shape index (κ1) is 30.4. The molecule has 2 aromatic heterocycles. The zero-order valence-corrected chi connectivity index (χ0v) is 22.3. The normalized spacial score (nSPS) is 37.2. The van der Waals surface area contributed by atoms with E-state index in [1.807, 2.05) is 0 Å². The molecule has 5 heterocycles. The Morgan fingerprint density at radius 3 is 2.29 bits per heavy atom. The number of aromatic nitrogens is 4. The minimum atomic E-state index is -5.77. The lowest BCUT2D eigenvalue weighted by atomic mass is 9.98. The van der Waals surface area contributed by atoms with Gasteiger partial charge in [-0.1, -0.05) is 0 Å². The molecule has 0 amide bonds. The van der Waals surface area contributed by atoms with E-state index < -0.39 is 95.4 Å². The van der Waals surface area contributed by atoms with Crippen LogP contribution in [-0.2, 0) is 39.2 Å². The number of hydrogen-bond donors (Lipinski definition) is 9. The molecule has 22 nitrogen and oxygen atoms in total. The van der Waals surface area contributed by atoms with E-state index in [1.165, 1.54) is 7.05 Å². The van der Waals surface area contributed by atoms with Crippen LogP contribution in [0.1, 0.15) is 6.23 Å². The molecule has 3 aliphatic heterocycles. The summed E-state index contributed by atoms with van der Waals surface area (Å²) in [4.78, 5) is 48.9. The first-order valence-corrected chi connectivity index (χ1v) is 14.5. The second-order valence-corrected chi connectivity index (χ2v) is 12.0. The van der Waals surface area contributed by atoms with Crippen LogP contribution in [0, 0.1) is 0 Å². The number of fused-ring (bicyclic) bond motifs is 8. The van der Waals surface area contributed by atoms with Gasteiger partial charge in [0.2, 0.25) is 12.2 Å². The molecule has 0 saturated carbocycles. The summed E-state index contributed by atoms with van der Waals surface area (Å²) in [5, 5.41) is 53.1. The molecule has 2 aromatic rings. The van der Waals surface area contributed by atoms with Crippen LogP contribution in [0.2, 0.25) is 0 Å². The summed E-state index contributed by atoms with van der Waals surface area (Å²) in [7, 11) is -10.1. The van der Waals surface area contributed by atoms with Crippen LogP contribution in [0.25, 0.3) is 11.2 Å². The Labute approximate surface area is 226 Å². The summed E-state index contributed by atoms with van der Waals surface area (Å²) in [6.07, 6.45) is -19.6. The van der Waals surface area contributed by atoms with Crippen LogP contribution in [0.15, 0.2) is 4.79 Å². The average molecular weight is 633 g/mol. The molecule has 0 aromatic carbocycles. The van der Waals surface area contributed by atoms with E-state index in [-0.39, 0.29) is 17.1 Å². The predicted octanol–water partition coefficient (Wildman–Crippen LogP) is -4.90. The molecule has 2 saturated heterocycles. The Balaban J connectivity index is 1.69. The van der Waals surface area contributed by atoms with Gasteiger partial charge in [-0.25, -0.2) is 13.7 Å². The van der Waals surface area contributed by atoms with E-state index in [9.17, 15) is 44.4 Å². The van der Waals surface area contributed by atoms with Crippen molar-refractivity contribution in [3.8, 4) is 6.01 Å². The molecular formula is C17H25N5O17P2. The molecule has 1 unspecified atom stereocenters. The molecule has 0 spiro atoms. The van der Waals surface area contributed by atoms with Crippen LogP contribution < -0.4 is 16.0 Å². The van der Waals surface area contributed by atoms with Gasteiger partial charge in [0.25, 0.3) is 5.56 Å². The largest absolute Gasteiger partial charge is 0.483 e. The van der Waals surface area contributed by atoms with Gasteiger partial charge in [-0.3, -0.25) is 13.9 Å². The summed E-state index contributed by atoms with van der Waals surface area (Å²) < 4.78 is 56.1. The number of anilines is 1. The number of phosphoric ester groups is 1. The summed E-state index contributed by atoms with van der Waals surface area (Å²) in [5.74, 6) is -0.332. The molecule has 3 aliphatic rings. The van der Waals surface area contributed by atoms with Crippen LogP contribution in [-0.4, -0.2) is 121 Å². The quantitative estimate of drug-likeness (QED) is 0.139. The monoisotopic (exact) mass is 633 g/mol. The van der Waals surface area contributed by atoms with Crippen molar-refractivity contribution < 1.29 is 77.1 Å². The van der Waals surface area contributed by atoms with E-state index in [0.29, 0.717) is 0 Å². The minimum Gasteiger partial charge on any atom is -0.432 e. The molecule has 0 radical (unpaired) electrons. The van der Waals surface area contributed by atoms with Gasteiger partial charge < -0.3 is 64.9 Å². The van der Waals surface area contributed by atoms with Crippen molar-refractivity contribution in [2.45, 2.75) is 61.5 Å². The van der Waals surface area contributed by atoms with Crippen LogP contribution >= 0.6 is 15.6 Å². The highest BCUT2D eigenvalue weighted by atomic mass is 31.3. The number of hydrogen-bond acceptors (Lipinski definition) is 17. The first-order chi connectivity index (χ1) is 19.0. The highest BCUT2D eigenvalue weighted by Gasteiger charge is 2.56. The Kier molecular flexibility index (Phi) is 7.81. The van der Waals surface area contributed by atoms with E-state index in [4.69, 9.17) is 39.0 Å². The third kappa shape index (κ3) is 5.42. The third-order valence-corrected chi connectivity index (χ3v) is 8.65. The summed E-state index contributed by atoms with van der Waals surface area (Å²) in [6.45, 7) is -0.891. The molecule has 41 heavy (non-hydrogen) atoms. The molecule has 0 aliphatic carbocycles. The fraction of sp³-hybridized carbons (Fsp3) is 0.706. The van der Waals surface area contributed by atoms with Gasteiger partial charge in [-0.2, -0.15) is 14.3 Å². The Bertz CT molecular complexity index is 1480. The SMILES string of the molecule is Cn1c(N)nc2c(nc3n2[C@@H]2O[C@H]([C@H](OP(=O)(O)OP(=O)(O)O)O[C@@H]4[C@H](O)[C@@H](O3)O[C@H](CO)[C@H]4O)[C@@H](O)[C@H]2O)c1=O. The van der Waals surface area contributed by atoms with Crippen LogP contribution in [0.3, 0.4) is 0 Å². The number of nitrogens with two attached hydrogens (primary N) is 1. The molecule has 10 N–H and O–H groups in total. The van der Waals surface area contributed by atoms with Gasteiger partial charge >= 0.3 is 21.7 Å². The standard InChI is InChI=1S/C17H25N5O17P2/c1-21-12(28)4-11(20-16(21)18)22-13-7(26)6(25)10(35-13)15(38-41(32,33)39-40(29,30)31)36-9-5(24)3(2-23)34-14(8(9)27)37-17(22)19-4/h3,5-10,13-15,23-27H,2H2,1H3,(H2,18,20)(H,32,33)(H2,29,30,31)/t3-,5-,6+,7-,8+,9+,10+,13-,14-,15+/m1/s1. The maximum Gasteiger partial charge on any atom is 0.483 e. The lowest BCUT2D eigenvalue weighted by Crippen LogP contribution is -2.62. The van der Waals surface area contributed by atoms with E-state index >= 15 is 0 Å². The van der Waals surface area contributed by atoms with Crippen molar-refractivity contribution in [1.82, 2.24) is 19.1 Å². The van der Waals surface area contributed by atoms with Gasteiger partial charge in [0, 0.05) is 7.05 Å². The highest BCUT2D eigenvalue weighted by Crippen LogP contribution is 2.59. The van der Waals surface area contributed by atoms with E-state index in [0.717, 1.165) is 9.13 Å². The van der Waals surface area contributed by atoms with E-state index in [2.05, 4.69) is 14.3 Å². The molecule has 2 fully saturated rings. The molecule has 4 bridgehead atoms. The fourth-order valence-corrected chi connectivity index (χ4v) is 6.22. The topological polar surface area (TPSA) is 330 Å². The van der Waals surface area contributed by atoms with Crippen molar-refractivity contribution in [2.75, 3.05) is 12.3 Å². The zero-order chi connectivity index (χ0) is 30.2. The molecule has 5 rings (SSSR count). The minimum absolute atomic E-state index is 0.332. The van der Waals surface area contributed by atoms with Crippen LogP contribution in [0.4, 0.5) is 5.95 Å². The summed E-state index contributed by atoms with van der Waals surface area (Å²) >= 11 is 0. The van der Waals surface area contributed by atoms with Gasteiger partial charge in [0.05, 0.1) is 6.61 Å². The number of ether oxygens (including phenoxy) is 4. The smallest absolute Gasteiger partial charge is 0.432 e. The Hall–Kier alpha value is -2.11. The summed E-state index contributed by atoms with van der Waals surface area (Å²) in [5.41, 5.74) is 4.27. The number of nitrogens with zero attached hydrogens (tertiary/aromatic N) is 4. The summed E-state index contributed by atoms with van der Waals surface area (Å²) in [6, 6.07) is -0.597. The number of rotatable bonds is 5. The number of phosphoric acid groups is 2. The molecular weight excluding hydrogens is 608 g/mol.